The van der Waals surface area contributed by atoms with E-state index in [1.807, 2.05) is 0 Å². The molecule has 0 radical (unpaired) electrons. The Kier molecular flexibility index (Phi) is 4.83. The van der Waals surface area contributed by atoms with E-state index in [9.17, 15) is 13.2 Å². The highest BCUT2D eigenvalue weighted by Crippen LogP contribution is 2.13. The van der Waals surface area contributed by atoms with Crippen LogP contribution in [0.2, 0.25) is 0 Å². The summed E-state index contributed by atoms with van der Waals surface area (Å²) in [4.78, 5) is 14.7. The molecule has 0 saturated carbocycles. The number of carboxylic acids is 1. The maximum Gasteiger partial charge on any atom is 0.322 e. The Hall–Kier alpha value is -0.990. The van der Waals surface area contributed by atoms with Crippen molar-refractivity contribution in [1.82, 2.24) is 9.71 Å². The van der Waals surface area contributed by atoms with Gasteiger partial charge in [0.15, 0.2) is 5.03 Å². The van der Waals surface area contributed by atoms with Gasteiger partial charge in [-0.3, -0.25) is 4.79 Å². The van der Waals surface area contributed by atoms with Gasteiger partial charge in [-0.1, -0.05) is 13.8 Å². The zero-order valence-corrected chi connectivity index (χ0v) is 12.2. The minimum Gasteiger partial charge on any atom is -0.480 e. The normalized spacial score (nSPS) is 13.6. The minimum atomic E-state index is -3.93. The number of hydrogen-bond donors (Lipinski definition) is 2. The van der Waals surface area contributed by atoms with E-state index in [4.69, 9.17) is 5.11 Å². The molecule has 1 rings (SSSR count). The highest BCUT2D eigenvalue weighted by molar-refractivity contribution is 9.10. The van der Waals surface area contributed by atoms with Crippen LogP contribution in [-0.2, 0) is 14.8 Å². The van der Waals surface area contributed by atoms with Gasteiger partial charge in [0.05, 0.1) is 0 Å². The summed E-state index contributed by atoms with van der Waals surface area (Å²) >= 11 is 3.14. The Bertz CT molecular complexity index is 527. The molecule has 1 atom stereocenters. The lowest BCUT2D eigenvalue weighted by atomic mass is 10.1. The largest absolute Gasteiger partial charge is 0.480 e. The second-order valence-corrected chi connectivity index (χ2v) is 6.57. The van der Waals surface area contributed by atoms with Crippen LogP contribution in [0.4, 0.5) is 0 Å². The fourth-order valence-corrected chi connectivity index (χ4v) is 2.72. The van der Waals surface area contributed by atoms with Gasteiger partial charge in [-0.05, 0) is 34.0 Å². The van der Waals surface area contributed by atoms with Crippen LogP contribution in [0.25, 0.3) is 0 Å². The lowest BCUT2D eigenvalue weighted by Gasteiger charge is -2.17. The summed E-state index contributed by atoms with van der Waals surface area (Å²) in [6.07, 6.45) is 1.33. The first-order valence-corrected chi connectivity index (χ1v) is 7.38. The number of halogens is 1. The summed E-state index contributed by atoms with van der Waals surface area (Å²) in [5.41, 5.74) is 0. The van der Waals surface area contributed by atoms with Crippen LogP contribution in [0.1, 0.15) is 13.8 Å². The smallest absolute Gasteiger partial charge is 0.322 e. The molecule has 0 aliphatic carbocycles. The maximum absolute atomic E-state index is 11.9. The molecule has 0 bridgehead atoms. The van der Waals surface area contributed by atoms with Crippen molar-refractivity contribution in [3.05, 3.63) is 22.8 Å². The molecule has 0 aliphatic rings. The molecule has 18 heavy (non-hydrogen) atoms. The van der Waals surface area contributed by atoms with Gasteiger partial charge in [0.25, 0.3) is 10.0 Å². The fourth-order valence-electron chi connectivity index (χ4n) is 1.22. The first-order valence-electron chi connectivity index (χ1n) is 5.10. The highest BCUT2D eigenvalue weighted by atomic mass is 79.9. The first kappa shape index (κ1) is 15.1. The van der Waals surface area contributed by atoms with Crippen LogP contribution >= 0.6 is 15.9 Å². The number of hydrogen-bond acceptors (Lipinski definition) is 4. The number of nitrogens with one attached hydrogen (secondary N) is 1. The number of sulfonamides is 1. The van der Waals surface area contributed by atoms with E-state index >= 15 is 0 Å². The summed E-state index contributed by atoms with van der Waals surface area (Å²) in [5.74, 6) is -1.58. The average molecular weight is 337 g/mol. The Balaban J connectivity index is 3.01. The van der Waals surface area contributed by atoms with E-state index < -0.39 is 22.0 Å². The zero-order valence-electron chi connectivity index (χ0n) is 9.79. The van der Waals surface area contributed by atoms with Gasteiger partial charge < -0.3 is 5.11 Å². The van der Waals surface area contributed by atoms with Gasteiger partial charge in [-0.25, -0.2) is 13.4 Å². The molecule has 1 aromatic rings. The van der Waals surface area contributed by atoms with Crippen molar-refractivity contribution in [1.29, 1.82) is 0 Å². The van der Waals surface area contributed by atoms with Crippen molar-refractivity contribution in [3.8, 4) is 0 Å². The van der Waals surface area contributed by atoms with Crippen molar-refractivity contribution >= 4 is 31.9 Å². The number of aromatic nitrogens is 1. The topological polar surface area (TPSA) is 96.4 Å². The van der Waals surface area contributed by atoms with Gasteiger partial charge in [0, 0.05) is 10.7 Å². The number of rotatable bonds is 5. The van der Waals surface area contributed by atoms with Crippen molar-refractivity contribution in [2.45, 2.75) is 24.9 Å². The maximum atomic E-state index is 11.9. The Morgan fingerprint density at radius 3 is 2.44 bits per heavy atom. The third kappa shape index (κ3) is 3.76. The molecule has 1 heterocycles. The third-order valence-corrected chi connectivity index (χ3v) is 4.02. The Morgan fingerprint density at radius 1 is 1.44 bits per heavy atom. The lowest BCUT2D eigenvalue weighted by Crippen LogP contribution is -2.44. The molecule has 0 amide bonds. The molecule has 0 saturated heterocycles. The molecule has 2 N–H and O–H groups in total. The summed E-state index contributed by atoms with van der Waals surface area (Å²) in [6, 6.07) is 1.64. The number of pyridine rings is 1. The predicted octanol–water partition coefficient (Wildman–Crippen LogP) is 1.23. The van der Waals surface area contributed by atoms with Crippen molar-refractivity contribution in [2.75, 3.05) is 0 Å². The molecule has 1 aromatic heterocycles. The number of nitrogens with zero attached hydrogens (tertiary/aromatic N) is 1. The van der Waals surface area contributed by atoms with Crippen molar-refractivity contribution in [3.63, 3.8) is 0 Å². The average Bonchev–Trinajstić information content (AvgIpc) is 2.26. The Morgan fingerprint density at radius 2 is 2.06 bits per heavy atom. The molecule has 0 fully saturated rings. The van der Waals surface area contributed by atoms with Crippen molar-refractivity contribution < 1.29 is 18.3 Å². The van der Waals surface area contributed by atoms with E-state index in [1.165, 1.54) is 18.3 Å². The Labute approximate surface area is 114 Å². The van der Waals surface area contributed by atoms with Crippen LogP contribution in [0.3, 0.4) is 0 Å². The van der Waals surface area contributed by atoms with Crippen LogP contribution in [0.15, 0.2) is 27.8 Å². The standard InChI is InChI=1S/C10H13BrN2O4S/c1-6(2)9(10(14)15)13-18(16,17)8-4-3-7(11)5-12-8/h3-6,9,13H,1-2H3,(H,14,15). The van der Waals surface area contributed by atoms with Crippen LogP contribution in [0.5, 0.6) is 0 Å². The van der Waals surface area contributed by atoms with E-state index in [0.29, 0.717) is 4.47 Å². The molecular weight excluding hydrogens is 324 g/mol. The van der Waals surface area contributed by atoms with E-state index in [-0.39, 0.29) is 10.9 Å². The summed E-state index contributed by atoms with van der Waals surface area (Å²) < 4.78 is 26.6. The lowest BCUT2D eigenvalue weighted by molar-refractivity contribution is -0.140. The third-order valence-electron chi connectivity index (χ3n) is 2.19. The van der Waals surface area contributed by atoms with Gasteiger partial charge >= 0.3 is 5.97 Å². The SMILES string of the molecule is CC(C)C(NS(=O)(=O)c1ccc(Br)cn1)C(=O)O. The minimum absolute atomic E-state index is 0.211. The number of aliphatic carboxylic acids is 1. The van der Waals surface area contributed by atoms with Gasteiger partial charge in [-0.15, -0.1) is 0 Å². The molecule has 8 heteroatoms. The predicted molar refractivity (Wildman–Crippen MR) is 68.5 cm³/mol. The molecule has 0 aromatic carbocycles. The molecule has 1 unspecified atom stereocenters. The van der Waals surface area contributed by atoms with Crippen molar-refractivity contribution in [2.24, 2.45) is 5.92 Å². The van der Waals surface area contributed by atoms with Crippen LogP contribution in [-0.4, -0.2) is 30.5 Å². The molecule has 100 valence electrons. The highest BCUT2D eigenvalue weighted by Gasteiger charge is 2.28. The van der Waals surface area contributed by atoms with E-state index in [2.05, 4.69) is 25.6 Å². The monoisotopic (exact) mass is 336 g/mol. The number of carbonyl (C=O) groups is 1. The van der Waals surface area contributed by atoms with Gasteiger partial charge in [0.2, 0.25) is 0 Å². The zero-order chi connectivity index (χ0) is 13.9. The summed E-state index contributed by atoms with van der Waals surface area (Å²) in [5, 5.41) is 8.73. The quantitative estimate of drug-likeness (QED) is 0.842. The van der Waals surface area contributed by atoms with Crippen LogP contribution < -0.4 is 4.72 Å². The van der Waals surface area contributed by atoms with E-state index in [1.54, 1.807) is 13.8 Å². The fraction of sp³-hybridized carbons (Fsp3) is 0.400. The van der Waals surface area contributed by atoms with Crippen LogP contribution in [0, 0.1) is 5.92 Å². The van der Waals surface area contributed by atoms with E-state index in [0.717, 1.165) is 0 Å². The summed E-state index contributed by atoms with van der Waals surface area (Å²) in [7, 11) is -3.93. The number of carboxylic acid groups (broad SMARTS) is 1. The summed E-state index contributed by atoms with van der Waals surface area (Å²) in [6.45, 7) is 3.24. The van der Waals surface area contributed by atoms with Gasteiger partial charge in [0.1, 0.15) is 6.04 Å². The first-order chi connectivity index (χ1) is 8.24. The molecule has 0 aliphatic heterocycles. The molecule has 6 nitrogen and oxygen atoms in total. The molecular formula is C10H13BrN2O4S. The molecule has 0 spiro atoms. The second-order valence-electron chi connectivity index (χ2n) is 4.00. The van der Waals surface area contributed by atoms with Gasteiger partial charge in [-0.2, -0.15) is 4.72 Å². The second kappa shape index (κ2) is 5.77.